The topological polar surface area (TPSA) is 42.2 Å². The van der Waals surface area contributed by atoms with E-state index in [1.807, 2.05) is 6.07 Å². The van der Waals surface area contributed by atoms with Crippen LogP contribution in [0.3, 0.4) is 0 Å². The number of aromatic nitrogens is 2. The minimum atomic E-state index is 0.689. The van der Waals surface area contributed by atoms with Crippen LogP contribution in [0.25, 0.3) is 0 Å². The van der Waals surface area contributed by atoms with Gasteiger partial charge in [-0.25, -0.2) is 0 Å². The zero-order valence-electron chi connectivity index (χ0n) is 11.7. The normalized spacial score (nSPS) is 11.1. The van der Waals surface area contributed by atoms with E-state index in [4.69, 9.17) is 4.52 Å². The molecule has 2 aromatic rings. The number of aryl methyl sites for hydroxylation is 1. The van der Waals surface area contributed by atoms with Crippen molar-refractivity contribution in [3.05, 3.63) is 47.6 Å². The van der Waals surface area contributed by atoms with E-state index in [1.54, 1.807) is 0 Å². The van der Waals surface area contributed by atoms with Crippen molar-refractivity contribution in [2.45, 2.75) is 39.3 Å². The fourth-order valence-corrected chi connectivity index (χ4v) is 1.97. The molecule has 102 valence electrons. The lowest BCUT2D eigenvalue weighted by Crippen LogP contribution is -2.17. The van der Waals surface area contributed by atoms with Crippen LogP contribution >= 0.6 is 0 Å². The molecule has 0 amide bonds. The number of hydrogen-bond acceptors (Lipinski definition) is 4. The van der Waals surface area contributed by atoms with Gasteiger partial charge in [0.25, 0.3) is 0 Å². The van der Waals surface area contributed by atoms with Gasteiger partial charge in [-0.15, -0.1) is 0 Å². The molecular weight excluding hydrogens is 238 g/mol. The Bertz CT molecular complexity index is 481. The third kappa shape index (κ3) is 4.48. The van der Waals surface area contributed by atoms with Gasteiger partial charge in [-0.3, -0.25) is 4.90 Å². The molecule has 4 nitrogen and oxygen atoms in total. The molecule has 4 heteroatoms. The summed E-state index contributed by atoms with van der Waals surface area (Å²) in [4.78, 5) is 6.58. The van der Waals surface area contributed by atoms with Crippen LogP contribution in [0.1, 0.15) is 37.0 Å². The Morgan fingerprint density at radius 3 is 2.68 bits per heavy atom. The minimum absolute atomic E-state index is 0.689. The largest absolute Gasteiger partial charge is 0.338 e. The fraction of sp³-hybridized carbons (Fsp3) is 0.467. The highest BCUT2D eigenvalue weighted by Gasteiger charge is 2.09. The van der Waals surface area contributed by atoms with Crippen LogP contribution in [0.5, 0.6) is 0 Å². The van der Waals surface area contributed by atoms with E-state index in [0.29, 0.717) is 12.4 Å². The standard InChI is InChI=1S/C15H21N3O/c1-3-4-10-14-16-15(19-17-14)12-18(2)11-13-8-6-5-7-9-13/h5-9H,3-4,10-12H2,1-2H3. The van der Waals surface area contributed by atoms with Crippen molar-refractivity contribution < 1.29 is 4.52 Å². The van der Waals surface area contributed by atoms with Gasteiger partial charge < -0.3 is 4.52 Å². The number of rotatable bonds is 7. The highest BCUT2D eigenvalue weighted by atomic mass is 16.5. The van der Waals surface area contributed by atoms with Crippen molar-refractivity contribution in [1.82, 2.24) is 15.0 Å². The van der Waals surface area contributed by atoms with E-state index in [-0.39, 0.29) is 0 Å². The molecule has 0 aliphatic rings. The highest BCUT2D eigenvalue weighted by Crippen LogP contribution is 2.08. The lowest BCUT2D eigenvalue weighted by atomic mass is 10.2. The second kappa shape index (κ2) is 7.04. The van der Waals surface area contributed by atoms with E-state index in [9.17, 15) is 0 Å². The van der Waals surface area contributed by atoms with Crippen LogP contribution in [0.2, 0.25) is 0 Å². The first-order chi connectivity index (χ1) is 9.28. The predicted molar refractivity (Wildman–Crippen MR) is 74.5 cm³/mol. The molecule has 0 saturated carbocycles. The average molecular weight is 259 g/mol. The molecule has 1 heterocycles. The van der Waals surface area contributed by atoms with Gasteiger partial charge in [-0.1, -0.05) is 48.8 Å². The number of benzene rings is 1. The molecule has 0 N–H and O–H groups in total. The first-order valence-corrected chi connectivity index (χ1v) is 6.82. The Balaban J connectivity index is 1.85. The van der Waals surface area contributed by atoms with Crippen molar-refractivity contribution in [2.24, 2.45) is 0 Å². The molecule has 0 saturated heterocycles. The van der Waals surface area contributed by atoms with E-state index >= 15 is 0 Å². The molecule has 0 radical (unpaired) electrons. The monoisotopic (exact) mass is 259 g/mol. The smallest absolute Gasteiger partial charge is 0.240 e. The van der Waals surface area contributed by atoms with Crippen molar-refractivity contribution in [3.63, 3.8) is 0 Å². The average Bonchev–Trinajstić information content (AvgIpc) is 2.85. The minimum Gasteiger partial charge on any atom is -0.338 e. The maximum absolute atomic E-state index is 5.27. The molecule has 1 aromatic carbocycles. The first-order valence-electron chi connectivity index (χ1n) is 6.82. The zero-order valence-corrected chi connectivity index (χ0v) is 11.7. The Hall–Kier alpha value is -1.68. The van der Waals surface area contributed by atoms with Crippen LogP contribution in [0, 0.1) is 0 Å². The lowest BCUT2D eigenvalue weighted by molar-refractivity contribution is 0.260. The van der Waals surface area contributed by atoms with E-state index in [2.05, 4.69) is 53.3 Å². The number of unbranched alkanes of at least 4 members (excludes halogenated alkanes) is 1. The lowest BCUT2D eigenvalue weighted by Gasteiger charge is -2.13. The molecule has 2 rings (SSSR count). The summed E-state index contributed by atoms with van der Waals surface area (Å²) in [5, 5.41) is 4.00. The Kier molecular flexibility index (Phi) is 5.10. The van der Waals surface area contributed by atoms with Gasteiger partial charge in [0, 0.05) is 13.0 Å². The third-order valence-electron chi connectivity index (χ3n) is 2.96. The maximum atomic E-state index is 5.27. The SMILES string of the molecule is CCCCc1noc(CN(C)Cc2ccccc2)n1. The summed E-state index contributed by atoms with van der Waals surface area (Å²) in [6.45, 7) is 3.73. The molecule has 0 bridgehead atoms. The van der Waals surface area contributed by atoms with Gasteiger partial charge in [-0.05, 0) is 19.0 Å². The second-order valence-electron chi connectivity index (χ2n) is 4.87. The summed E-state index contributed by atoms with van der Waals surface area (Å²) in [5.41, 5.74) is 1.29. The summed E-state index contributed by atoms with van der Waals surface area (Å²) in [7, 11) is 2.06. The van der Waals surface area contributed by atoms with E-state index in [1.165, 1.54) is 5.56 Å². The molecular formula is C15H21N3O. The number of nitrogens with zero attached hydrogens (tertiary/aromatic N) is 3. The van der Waals surface area contributed by atoms with Crippen LogP contribution in [0.15, 0.2) is 34.9 Å². The third-order valence-corrected chi connectivity index (χ3v) is 2.96. The van der Waals surface area contributed by atoms with Crippen LogP contribution in [-0.4, -0.2) is 22.1 Å². The Morgan fingerprint density at radius 1 is 1.16 bits per heavy atom. The van der Waals surface area contributed by atoms with Crippen LogP contribution < -0.4 is 0 Å². The summed E-state index contributed by atoms with van der Waals surface area (Å²) in [6, 6.07) is 10.4. The molecule has 0 spiro atoms. The van der Waals surface area contributed by atoms with Crippen LogP contribution in [-0.2, 0) is 19.5 Å². The number of hydrogen-bond donors (Lipinski definition) is 0. The molecule has 1 aromatic heterocycles. The molecule has 0 aliphatic heterocycles. The second-order valence-corrected chi connectivity index (χ2v) is 4.87. The van der Waals surface area contributed by atoms with Crippen LogP contribution in [0.4, 0.5) is 0 Å². The summed E-state index contributed by atoms with van der Waals surface area (Å²) >= 11 is 0. The van der Waals surface area contributed by atoms with Gasteiger partial charge in [0.2, 0.25) is 5.89 Å². The van der Waals surface area contributed by atoms with Crippen molar-refractivity contribution >= 4 is 0 Å². The van der Waals surface area contributed by atoms with Crippen molar-refractivity contribution in [1.29, 1.82) is 0 Å². The van der Waals surface area contributed by atoms with E-state index < -0.39 is 0 Å². The predicted octanol–water partition coefficient (Wildman–Crippen LogP) is 3.04. The summed E-state index contributed by atoms with van der Waals surface area (Å²) in [5.74, 6) is 1.52. The highest BCUT2D eigenvalue weighted by molar-refractivity contribution is 5.14. The first kappa shape index (κ1) is 13.7. The fourth-order valence-electron chi connectivity index (χ4n) is 1.97. The van der Waals surface area contributed by atoms with Gasteiger partial charge >= 0.3 is 0 Å². The molecule has 0 unspecified atom stereocenters. The van der Waals surface area contributed by atoms with Gasteiger partial charge in [-0.2, -0.15) is 4.98 Å². The van der Waals surface area contributed by atoms with Crippen molar-refractivity contribution in [3.8, 4) is 0 Å². The Morgan fingerprint density at radius 2 is 1.95 bits per heavy atom. The zero-order chi connectivity index (χ0) is 13.5. The molecule has 0 atom stereocenters. The summed E-state index contributed by atoms with van der Waals surface area (Å²) in [6.07, 6.45) is 3.17. The van der Waals surface area contributed by atoms with Gasteiger partial charge in [0.1, 0.15) is 0 Å². The Labute approximate surface area is 114 Å². The van der Waals surface area contributed by atoms with Crippen molar-refractivity contribution in [2.75, 3.05) is 7.05 Å². The maximum Gasteiger partial charge on any atom is 0.240 e. The van der Waals surface area contributed by atoms with Gasteiger partial charge in [0.15, 0.2) is 5.82 Å². The molecule has 0 fully saturated rings. The quantitative estimate of drug-likeness (QED) is 0.766. The van der Waals surface area contributed by atoms with Gasteiger partial charge in [0.05, 0.1) is 6.54 Å². The van der Waals surface area contributed by atoms with E-state index in [0.717, 1.165) is 31.6 Å². The molecule has 19 heavy (non-hydrogen) atoms. The molecule has 0 aliphatic carbocycles. The summed E-state index contributed by atoms with van der Waals surface area (Å²) < 4.78 is 5.27.